The van der Waals surface area contributed by atoms with Crippen LogP contribution in [0.2, 0.25) is 0 Å². The predicted octanol–water partition coefficient (Wildman–Crippen LogP) is 0.572. The van der Waals surface area contributed by atoms with E-state index in [4.69, 9.17) is 4.74 Å². The van der Waals surface area contributed by atoms with Crippen LogP contribution in [0.15, 0.2) is 0 Å². The van der Waals surface area contributed by atoms with Crippen LogP contribution in [-0.2, 0) is 14.3 Å². The second-order valence-corrected chi connectivity index (χ2v) is 4.82. The standard InChI is InChI=1S/C12H20N2O3.ClH/c1-17-12(16)10-2-3-11(15)14(10)8-9-4-6-13-7-5-9;/h9-10,13H,2-8H2,1H3;1H. The third-order valence-electron chi connectivity index (χ3n) is 3.72. The normalized spacial score (nSPS) is 24.8. The number of ether oxygens (including phenoxy) is 1. The van der Waals surface area contributed by atoms with Gasteiger partial charge >= 0.3 is 5.97 Å². The van der Waals surface area contributed by atoms with Gasteiger partial charge in [-0.25, -0.2) is 4.79 Å². The third-order valence-corrected chi connectivity index (χ3v) is 3.72. The maximum Gasteiger partial charge on any atom is 0.328 e. The molecule has 5 nitrogen and oxygen atoms in total. The zero-order chi connectivity index (χ0) is 12.3. The Kier molecular flexibility index (Phi) is 5.88. The van der Waals surface area contributed by atoms with E-state index in [-0.39, 0.29) is 30.3 Å². The number of piperidine rings is 1. The first-order valence-corrected chi connectivity index (χ1v) is 6.30. The Morgan fingerprint density at radius 2 is 2.06 bits per heavy atom. The molecule has 1 N–H and O–H groups in total. The number of esters is 1. The highest BCUT2D eigenvalue weighted by atomic mass is 35.5. The first-order valence-electron chi connectivity index (χ1n) is 6.30. The molecule has 0 aliphatic carbocycles. The first-order chi connectivity index (χ1) is 8.22. The molecule has 0 spiro atoms. The lowest BCUT2D eigenvalue weighted by Crippen LogP contribution is -2.44. The molecule has 0 saturated carbocycles. The minimum Gasteiger partial charge on any atom is -0.467 e. The Hall–Kier alpha value is -0.810. The van der Waals surface area contributed by atoms with E-state index in [1.807, 2.05) is 0 Å². The number of nitrogens with zero attached hydrogens (tertiary/aromatic N) is 1. The van der Waals surface area contributed by atoms with E-state index in [9.17, 15) is 9.59 Å². The van der Waals surface area contributed by atoms with Crippen molar-refractivity contribution in [2.24, 2.45) is 5.92 Å². The molecule has 2 rings (SSSR count). The molecule has 2 aliphatic rings. The average molecular weight is 277 g/mol. The molecule has 1 unspecified atom stereocenters. The maximum atomic E-state index is 11.8. The van der Waals surface area contributed by atoms with Crippen LogP contribution in [0.25, 0.3) is 0 Å². The third kappa shape index (κ3) is 3.36. The number of hydrogen-bond acceptors (Lipinski definition) is 4. The van der Waals surface area contributed by atoms with Crippen LogP contribution in [0.5, 0.6) is 0 Å². The van der Waals surface area contributed by atoms with Crippen LogP contribution in [-0.4, -0.2) is 49.6 Å². The van der Waals surface area contributed by atoms with Gasteiger partial charge in [0.05, 0.1) is 7.11 Å². The smallest absolute Gasteiger partial charge is 0.328 e. The summed E-state index contributed by atoms with van der Waals surface area (Å²) in [5, 5.41) is 3.30. The van der Waals surface area contributed by atoms with Crippen molar-refractivity contribution >= 4 is 24.3 Å². The number of hydrogen-bond donors (Lipinski definition) is 1. The van der Waals surface area contributed by atoms with Crippen molar-refractivity contribution < 1.29 is 14.3 Å². The largest absolute Gasteiger partial charge is 0.467 e. The summed E-state index contributed by atoms with van der Waals surface area (Å²) < 4.78 is 4.76. The van der Waals surface area contributed by atoms with Crippen molar-refractivity contribution in [1.82, 2.24) is 10.2 Å². The molecule has 0 aromatic carbocycles. The summed E-state index contributed by atoms with van der Waals surface area (Å²) in [6.07, 6.45) is 3.25. The molecule has 2 aliphatic heterocycles. The average Bonchev–Trinajstić information content (AvgIpc) is 2.72. The van der Waals surface area contributed by atoms with Crippen molar-refractivity contribution in [3.63, 3.8) is 0 Å². The fourth-order valence-corrected chi connectivity index (χ4v) is 2.69. The second-order valence-electron chi connectivity index (χ2n) is 4.82. The van der Waals surface area contributed by atoms with Gasteiger partial charge in [0.2, 0.25) is 5.91 Å². The Morgan fingerprint density at radius 3 is 2.67 bits per heavy atom. The summed E-state index contributed by atoms with van der Waals surface area (Å²) in [6, 6.07) is -0.345. The summed E-state index contributed by atoms with van der Waals surface area (Å²) >= 11 is 0. The Balaban J connectivity index is 0.00000162. The van der Waals surface area contributed by atoms with Gasteiger partial charge in [-0.1, -0.05) is 0 Å². The van der Waals surface area contributed by atoms with Crippen LogP contribution in [0.4, 0.5) is 0 Å². The van der Waals surface area contributed by atoms with E-state index >= 15 is 0 Å². The van der Waals surface area contributed by atoms with Gasteiger partial charge in [-0.3, -0.25) is 4.79 Å². The van der Waals surface area contributed by atoms with Gasteiger partial charge in [-0.05, 0) is 38.3 Å². The molecule has 2 fully saturated rings. The monoisotopic (exact) mass is 276 g/mol. The highest BCUT2D eigenvalue weighted by Gasteiger charge is 2.37. The summed E-state index contributed by atoms with van der Waals surface area (Å²) in [4.78, 5) is 25.1. The number of amides is 1. The lowest BCUT2D eigenvalue weighted by Gasteiger charge is -2.30. The van der Waals surface area contributed by atoms with Gasteiger partial charge in [0.25, 0.3) is 0 Å². The Bertz CT molecular complexity index is 306. The molecule has 2 saturated heterocycles. The fraction of sp³-hybridized carbons (Fsp3) is 0.833. The minimum atomic E-state index is -0.345. The highest BCUT2D eigenvalue weighted by molar-refractivity contribution is 5.88. The number of nitrogens with one attached hydrogen (secondary N) is 1. The van der Waals surface area contributed by atoms with Gasteiger partial charge in [-0.2, -0.15) is 0 Å². The quantitative estimate of drug-likeness (QED) is 0.766. The molecule has 6 heteroatoms. The SMILES string of the molecule is COC(=O)C1CCC(=O)N1CC1CCNCC1.Cl. The van der Waals surface area contributed by atoms with Crippen molar-refractivity contribution in [1.29, 1.82) is 0 Å². The van der Waals surface area contributed by atoms with Gasteiger partial charge < -0.3 is 15.0 Å². The summed E-state index contributed by atoms with van der Waals surface area (Å²) in [7, 11) is 1.38. The first kappa shape index (κ1) is 15.2. The van der Waals surface area contributed by atoms with Crippen molar-refractivity contribution in [2.75, 3.05) is 26.7 Å². The van der Waals surface area contributed by atoms with Crippen LogP contribution in [0.1, 0.15) is 25.7 Å². The maximum absolute atomic E-state index is 11.8. The van der Waals surface area contributed by atoms with E-state index in [0.29, 0.717) is 25.3 Å². The van der Waals surface area contributed by atoms with Crippen LogP contribution >= 0.6 is 12.4 Å². The molecule has 0 aromatic rings. The summed E-state index contributed by atoms with van der Waals surface area (Å²) in [5.74, 6) is 0.342. The topological polar surface area (TPSA) is 58.6 Å². The predicted molar refractivity (Wildman–Crippen MR) is 69.6 cm³/mol. The molecular weight excluding hydrogens is 256 g/mol. The van der Waals surface area contributed by atoms with Crippen LogP contribution in [0.3, 0.4) is 0 Å². The highest BCUT2D eigenvalue weighted by Crippen LogP contribution is 2.23. The molecule has 18 heavy (non-hydrogen) atoms. The molecule has 104 valence electrons. The van der Waals surface area contributed by atoms with Gasteiger partial charge in [0.15, 0.2) is 0 Å². The van der Waals surface area contributed by atoms with Crippen molar-refractivity contribution in [3.05, 3.63) is 0 Å². The van der Waals surface area contributed by atoms with E-state index in [1.54, 1.807) is 4.90 Å². The van der Waals surface area contributed by atoms with Gasteiger partial charge in [0.1, 0.15) is 6.04 Å². The number of likely N-dealkylation sites (tertiary alicyclic amines) is 1. The summed E-state index contributed by atoms with van der Waals surface area (Å²) in [6.45, 7) is 2.73. The molecule has 1 atom stereocenters. The van der Waals surface area contributed by atoms with Crippen LogP contribution < -0.4 is 5.32 Å². The summed E-state index contributed by atoms with van der Waals surface area (Å²) in [5.41, 5.74) is 0. The lowest BCUT2D eigenvalue weighted by atomic mass is 9.97. The molecule has 1 amide bonds. The van der Waals surface area contributed by atoms with E-state index < -0.39 is 0 Å². The zero-order valence-electron chi connectivity index (χ0n) is 10.7. The Labute approximate surface area is 114 Å². The zero-order valence-corrected chi connectivity index (χ0v) is 11.5. The van der Waals surface area contributed by atoms with Crippen molar-refractivity contribution in [2.45, 2.75) is 31.7 Å². The van der Waals surface area contributed by atoms with Gasteiger partial charge in [-0.15, -0.1) is 12.4 Å². The second kappa shape index (κ2) is 6.95. The molecule has 0 bridgehead atoms. The number of rotatable bonds is 3. The number of methoxy groups -OCH3 is 1. The fourth-order valence-electron chi connectivity index (χ4n) is 2.69. The molecule has 2 heterocycles. The minimum absolute atomic E-state index is 0. The lowest BCUT2D eigenvalue weighted by molar-refractivity contribution is -0.149. The number of halogens is 1. The Morgan fingerprint density at radius 1 is 1.39 bits per heavy atom. The van der Waals surface area contributed by atoms with E-state index in [0.717, 1.165) is 25.9 Å². The van der Waals surface area contributed by atoms with Crippen LogP contribution in [0, 0.1) is 5.92 Å². The number of carbonyl (C=O) groups is 2. The van der Waals surface area contributed by atoms with Gasteiger partial charge in [0, 0.05) is 13.0 Å². The molecular formula is C12H21ClN2O3. The number of carbonyl (C=O) groups excluding carboxylic acids is 2. The van der Waals surface area contributed by atoms with E-state index in [1.165, 1.54) is 7.11 Å². The molecule has 0 radical (unpaired) electrons. The van der Waals surface area contributed by atoms with Crippen molar-refractivity contribution in [3.8, 4) is 0 Å². The molecule has 0 aromatic heterocycles. The van der Waals surface area contributed by atoms with E-state index in [2.05, 4.69) is 5.32 Å².